The Balaban J connectivity index is 1.12. The van der Waals surface area contributed by atoms with E-state index in [0.717, 1.165) is 44.0 Å². The molecular weight excluding hydrogens is 765 g/mol. The number of rotatable bonds is 3. The Labute approximate surface area is 366 Å². The van der Waals surface area contributed by atoms with Crippen molar-refractivity contribution in [2.75, 3.05) is 4.90 Å². The van der Waals surface area contributed by atoms with Gasteiger partial charge in [0.1, 0.15) is 0 Å². The van der Waals surface area contributed by atoms with Crippen LogP contribution in [0.1, 0.15) is 49.9 Å². The van der Waals surface area contributed by atoms with Crippen molar-refractivity contribution < 1.29 is 0 Å². The quantitative estimate of drug-likeness (QED) is 0.167. The van der Waals surface area contributed by atoms with Crippen molar-refractivity contribution in [1.29, 1.82) is 0 Å². The zero-order chi connectivity index (χ0) is 42.2. The van der Waals surface area contributed by atoms with Crippen molar-refractivity contribution in [1.82, 2.24) is 15.0 Å². The van der Waals surface area contributed by atoms with Crippen molar-refractivity contribution in [3.63, 3.8) is 0 Å². The van der Waals surface area contributed by atoms with Crippen LogP contribution in [0.4, 0.5) is 17.3 Å². The van der Waals surface area contributed by atoms with E-state index in [4.69, 9.17) is 15.0 Å². The lowest BCUT2D eigenvalue weighted by Crippen LogP contribution is -2.32. The average Bonchev–Trinajstić information content (AvgIpc) is 3.55. The van der Waals surface area contributed by atoms with Gasteiger partial charge in [-0.15, -0.1) is 0 Å². The van der Waals surface area contributed by atoms with Gasteiger partial charge in [0.2, 0.25) is 5.95 Å². The van der Waals surface area contributed by atoms with Crippen LogP contribution in [0.5, 0.6) is 0 Å². The Morgan fingerprint density at radius 2 is 0.841 bits per heavy atom. The van der Waals surface area contributed by atoms with Crippen LogP contribution in [0.15, 0.2) is 182 Å². The standard InChI is InChI=1S/C59H42N4/c1-58(2)49-31-32-52-54(53(49)47-33-45-41-25-11-9-23-39(41)40-24-10-12-26-42(40)46(45)34-50(47)58)59(3,4)48-29-13-14-30-51(48)63(52)57-61-55(43-27-15-19-35-17-5-7-21-37(35)43)60-56(62-57)44-28-16-20-36-18-6-8-22-38(36)44/h5-34H,1-4H3. The van der Waals surface area contributed by atoms with Crippen molar-refractivity contribution in [3.05, 3.63) is 204 Å². The lowest BCUT2D eigenvalue weighted by molar-refractivity contribution is 0.626. The summed E-state index contributed by atoms with van der Waals surface area (Å²) in [5.41, 5.74) is 11.3. The molecule has 13 rings (SSSR count). The fourth-order valence-electron chi connectivity index (χ4n) is 11.3. The summed E-state index contributed by atoms with van der Waals surface area (Å²) in [7, 11) is 0. The number of hydrogen-bond donors (Lipinski definition) is 0. The molecule has 11 aromatic rings. The topological polar surface area (TPSA) is 41.9 Å². The molecule has 4 heteroatoms. The van der Waals surface area contributed by atoms with Gasteiger partial charge in [0.15, 0.2) is 11.6 Å². The monoisotopic (exact) mass is 806 g/mol. The Morgan fingerprint density at radius 3 is 1.44 bits per heavy atom. The lowest BCUT2D eigenvalue weighted by atomic mass is 9.70. The minimum atomic E-state index is -0.365. The van der Waals surface area contributed by atoms with Gasteiger partial charge in [-0.3, -0.25) is 4.90 Å². The molecular formula is C59H42N4. The van der Waals surface area contributed by atoms with E-state index in [2.05, 4.69) is 215 Å². The second-order valence-corrected chi connectivity index (χ2v) is 18.4. The molecule has 298 valence electrons. The SMILES string of the molecule is CC1(C)c2cc3c4ccccc4c4ccccc4c3cc2-c2c1ccc1c2C(C)(C)c2ccccc2N1c1nc(-c2cccc3ccccc23)nc(-c2cccc3ccccc23)n1. The van der Waals surface area contributed by atoms with Crippen LogP contribution in [0.2, 0.25) is 0 Å². The van der Waals surface area contributed by atoms with Crippen LogP contribution in [0.3, 0.4) is 0 Å². The molecule has 2 heterocycles. The minimum Gasteiger partial charge on any atom is -0.278 e. The molecule has 1 aliphatic carbocycles. The van der Waals surface area contributed by atoms with Gasteiger partial charge in [-0.1, -0.05) is 185 Å². The number of aromatic nitrogens is 3. The zero-order valence-corrected chi connectivity index (χ0v) is 35.6. The summed E-state index contributed by atoms with van der Waals surface area (Å²) in [5.74, 6) is 1.87. The Kier molecular flexibility index (Phi) is 7.38. The van der Waals surface area contributed by atoms with Gasteiger partial charge >= 0.3 is 0 Å². The number of para-hydroxylation sites is 1. The number of anilines is 3. The van der Waals surface area contributed by atoms with E-state index in [9.17, 15) is 0 Å². The highest BCUT2D eigenvalue weighted by molar-refractivity contribution is 6.26. The summed E-state index contributed by atoms with van der Waals surface area (Å²) in [6, 6.07) is 66.1. The van der Waals surface area contributed by atoms with Crippen LogP contribution >= 0.6 is 0 Å². The normalized spacial score (nSPS) is 14.6. The molecule has 2 aliphatic rings. The Morgan fingerprint density at radius 1 is 0.349 bits per heavy atom. The van der Waals surface area contributed by atoms with Crippen LogP contribution in [0.25, 0.3) is 87.8 Å². The first-order valence-corrected chi connectivity index (χ1v) is 22.0. The second-order valence-electron chi connectivity index (χ2n) is 18.4. The third kappa shape index (κ3) is 5.01. The number of hydrogen-bond acceptors (Lipinski definition) is 4. The van der Waals surface area contributed by atoms with Gasteiger partial charge < -0.3 is 0 Å². The van der Waals surface area contributed by atoms with Gasteiger partial charge in [-0.25, -0.2) is 4.98 Å². The summed E-state index contributed by atoms with van der Waals surface area (Å²) in [5, 5.41) is 12.2. The number of benzene rings is 10. The van der Waals surface area contributed by atoms with Gasteiger partial charge in [-0.2, -0.15) is 9.97 Å². The highest BCUT2D eigenvalue weighted by Crippen LogP contribution is 2.60. The van der Waals surface area contributed by atoms with Gasteiger partial charge in [0, 0.05) is 22.0 Å². The molecule has 0 spiro atoms. The summed E-state index contributed by atoms with van der Waals surface area (Å²) in [4.78, 5) is 18.7. The maximum Gasteiger partial charge on any atom is 0.238 e. The fraction of sp³-hybridized carbons (Fsp3) is 0.102. The Hall–Kier alpha value is -7.69. The predicted molar refractivity (Wildman–Crippen MR) is 263 cm³/mol. The molecule has 0 radical (unpaired) electrons. The average molecular weight is 807 g/mol. The second kappa shape index (κ2) is 12.9. The molecule has 0 fully saturated rings. The van der Waals surface area contributed by atoms with Gasteiger partial charge in [-0.05, 0) is 112 Å². The molecule has 10 aromatic carbocycles. The first kappa shape index (κ1) is 36.0. The molecule has 0 N–H and O–H groups in total. The van der Waals surface area contributed by atoms with Gasteiger partial charge in [0.25, 0.3) is 0 Å². The Bertz CT molecular complexity index is 3660. The first-order chi connectivity index (χ1) is 30.8. The van der Waals surface area contributed by atoms with Crippen molar-refractivity contribution in [3.8, 4) is 33.9 Å². The van der Waals surface area contributed by atoms with E-state index >= 15 is 0 Å². The van der Waals surface area contributed by atoms with E-state index in [1.165, 1.54) is 65.7 Å². The first-order valence-electron chi connectivity index (χ1n) is 22.0. The molecule has 0 unspecified atom stereocenters. The minimum absolute atomic E-state index is 0.241. The van der Waals surface area contributed by atoms with E-state index in [1.807, 2.05) is 0 Å². The zero-order valence-electron chi connectivity index (χ0n) is 35.6. The van der Waals surface area contributed by atoms with Crippen LogP contribution in [-0.4, -0.2) is 15.0 Å². The van der Waals surface area contributed by atoms with E-state index < -0.39 is 0 Å². The molecule has 1 aromatic heterocycles. The van der Waals surface area contributed by atoms with Crippen LogP contribution < -0.4 is 4.90 Å². The summed E-state index contributed by atoms with van der Waals surface area (Å²) >= 11 is 0. The van der Waals surface area contributed by atoms with Gasteiger partial charge in [0.05, 0.1) is 11.4 Å². The van der Waals surface area contributed by atoms with Crippen LogP contribution in [0, 0.1) is 0 Å². The third-order valence-corrected chi connectivity index (χ3v) is 14.3. The molecule has 0 amide bonds. The summed E-state index contributed by atoms with van der Waals surface area (Å²) < 4.78 is 0. The van der Waals surface area contributed by atoms with E-state index in [-0.39, 0.29) is 10.8 Å². The number of fused-ring (bicyclic) bond motifs is 14. The number of nitrogens with zero attached hydrogens (tertiary/aromatic N) is 4. The molecule has 0 bridgehead atoms. The molecule has 0 saturated heterocycles. The molecule has 0 saturated carbocycles. The smallest absolute Gasteiger partial charge is 0.238 e. The van der Waals surface area contributed by atoms with Crippen molar-refractivity contribution in [2.24, 2.45) is 0 Å². The molecule has 0 atom stereocenters. The third-order valence-electron chi connectivity index (χ3n) is 14.3. The van der Waals surface area contributed by atoms with Crippen molar-refractivity contribution >= 4 is 71.2 Å². The predicted octanol–water partition coefficient (Wildman–Crippen LogP) is 15.4. The largest absolute Gasteiger partial charge is 0.278 e. The molecule has 63 heavy (non-hydrogen) atoms. The maximum atomic E-state index is 5.50. The summed E-state index contributed by atoms with van der Waals surface area (Å²) in [6.45, 7) is 9.60. The highest BCUT2D eigenvalue weighted by atomic mass is 15.3. The maximum absolute atomic E-state index is 5.50. The molecule has 4 nitrogen and oxygen atoms in total. The fourth-order valence-corrected chi connectivity index (χ4v) is 11.3. The van der Waals surface area contributed by atoms with E-state index in [0.29, 0.717) is 17.6 Å². The molecule has 1 aliphatic heterocycles. The van der Waals surface area contributed by atoms with E-state index in [1.54, 1.807) is 0 Å². The van der Waals surface area contributed by atoms with Crippen LogP contribution in [-0.2, 0) is 10.8 Å². The lowest BCUT2D eigenvalue weighted by Gasteiger charge is -2.42. The van der Waals surface area contributed by atoms with Crippen molar-refractivity contribution in [2.45, 2.75) is 38.5 Å². The highest BCUT2D eigenvalue weighted by Gasteiger charge is 2.46. The summed E-state index contributed by atoms with van der Waals surface area (Å²) in [6.07, 6.45) is 0.